The standard InChI is InChI=1S/C12H18FN7O/c1-8-10(13)11(15-7-14-8)19-2-4-20(5-3-19)12(21)9-6-16-18-17-9/h7,9,16-18H,2-6H2,1H3. The number of aromatic nitrogens is 2. The Morgan fingerprint density at radius 3 is 2.76 bits per heavy atom. The van der Waals surface area contributed by atoms with E-state index in [1.54, 1.807) is 11.8 Å². The molecule has 1 amide bonds. The molecule has 2 saturated heterocycles. The van der Waals surface area contributed by atoms with Crippen molar-refractivity contribution in [2.24, 2.45) is 0 Å². The lowest BCUT2D eigenvalue weighted by Crippen LogP contribution is -2.54. The largest absolute Gasteiger partial charge is 0.351 e. The lowest BCUT2D eigenvalue weighted by Gasteiger charge is -2.36. The summed E-state index contributed by atoms with van der Waals surface area (Å²) in [6, 6.07) is -0.255. The molecule has 1 unspecified atom stereocenters. The molecule has 1 atom stereocenters. The van der Waals surface area contributed by atoms with Gasteiger partial charge in [-0.05, 0) is 6.92 Å². The van der Waals surface area contributed by atoms with Crippen LogP contribution >= 0.6 is 0 Å². The van der Waals surface area contributed by atoms with E-state index in [2.05, 4.69) is 26.4 Å². The van der Waals surface area contributed by atoms with Gasteiger partial charge in [0.15, 0.2) is 11.6 Å². The number of anilines is 1. The zero-order valence-electron chi connectivity index (χ0n) is 11.8. The molecule has 3 heterocycles. The van der Waals surface area contributed by atoms with Gasteiger partial charge in [-0.1, -0.05) is 0 Å². The summed E-state index contributed by atoms with van der Waals surface area (Å²) in [5.74, 6) is -0.0217. The summed E-state index contributed by atoms with van der Waals surface area (Å²) in [4.78, 5) is 23.7. The Balaban J connectivity index is 1.62. The summed E-state index contributed by atoms with van der Waals surface area (Å²) < 4.78 is 14.0. The van der Waals surface area contributed by atoms with E-state index >= 15 is 0 Å². The van der Waals surface area contributed by atoms with Crippen molar-refractivity contribution in [2.75, 3.05) is 37.6 Å². The predicted octanol–water partition coefficient (Wildman–Crippen LogP) is -1.45. The Bertz CT molecular complexity index is 526. The maximum absolute atomic E-state index is 14.0. The SMILES string of the molecule is Cc1ncnc(N2CCN(C(=O)C3CNNN3)CC2)c1F. The quantitative estimate of drug-likeness (QED) is 0.616. The van der Waals surface area contributed by atoms with E-state index in [-0.39, 0.29) is 17.8 Å². The van der Waals surface area contributed by atoms with Crippen molar-refractivity contribution < 1.29 is 9.18 Å². The third-order valence-corrected chi connectivity index (χ3v) is 3.78. The number of amides is 1. The zero-order chi connectivity index (χ0) is 14.8. The molecule has 2 aliphatic heterocycles. The highest BCUT2D eigenvalue weighted by Gasteiger charge is 2.30. The first kappa shape index (κ1) is 14.1. The molecule has 2 aliphatic rings. The number of hydrogen-bond acceptors (Lipinski definition) is 7. The summed E-state index contributed by atoms with van der Waals surface area (Å²) in [6.45, 7) is 4.41. The van der Waals surface area contributed by atoms with Crippen molar-refractivity contribution >= 4 is 11.7 Å². The highest BCUT2D eigenvalue weighted by Crippen LogP contribution is 2.19. The fourth-order valence-electron chi connectivity index (χ4n) is 2.52. The van der Waals surface area contributed by atoms with Gasteiger partial charge in [0.2, 0.25) is 5.91 Å². The van der Waals surface area contributed by atoms with E-state index < -0.39 is 0 Å². The molecule has 9 heteroatoms. The van der Waals surface area contributed by atoms with E-state index in [4.69, 9.17) is 0 Å². The minimum absolute atomic E-state index is 0.0477. The van der Waals surface area contributed by atoms with E-state index in [1.807, 2.05) is 4.90 Å². The molecule has 0 radical (unpaired) electrons. The Hall–Kier alpha value is -1.84. The average Bonchev–Trinajstić information content (AvgIpc) is 3.04. The third-order valence-electron chi connectivity index (χ3n) is 3.78. The maximum Gasteiger partial charge on any atom is 0.242 e. The van der Waals surface area contributed by atoms with E-state index in [1.165, 1.54) is 6.33 Å². The van der Waals surface area contributed by atoms with Gasteiger partial charge in [0.1, 0.15) is 12.4 Å². The van der Waals surface area contributed by atoms with E-state index in [9.17, 15) is 9.18 Å². The van der Waals surface area contributed by atoms with Crippen LogP contribution in [0.4, 0.5) is 10.2 Å². The van der Waals surface area contributed by atoms with Gasteiger partial charge >= 0.3 is 0 Å². The molecule has 0 saturated carbocycles. The van der Waals surface area contributed by atoms with E-state index in [0.717, 1.165) is 0 Å². The van der Waals surface area contributed by atoms with Crippen molar-refractivity contribution in [2.45, 2.75) is 13.0 Å². The molecule has 3 N–H and O–H groups in total. The van der Waals surface area contributed by atoms with Crippen LogP contribution in [0, 0.1) is 12.7 Å². The molecule has 0 bridgehead atoms. The topological polar surface area (TPSA) is 85.4 Å². The summed E-state index contributed by atoms with van der Waals surface area (Å²) in [5, 5.41) is 0. The van der Waals surface area contributed by atoms with Crippen LogP contribution in [-0.4, -0.2) is 59.5 Å². The highest BCUT2D eigenvalue weighted by molar-refractivity contribution is 5.82. The smallest absolute Gasteiger partial charge is 0.242 e. The van der Waals surface area contributed by atoms with Crippen molar-refractivity contribution in [1.29, 1.82) is 0 Å². The zero-order valence-corrected chi connectivity index (χ0v) is 11.8. The van der Waals surface area contributed by atoms with Crippen molar-refractivity contribution in [3.05, 3.63) is 17.8 Å². The molecule has 2 fully saturated rings. The third kappa shape index (κ3) is 2.80. The van der Waals surface area contributed by atoms with Crippen molar-refractivity contribution in [1.82, 2.24) is 31.3 Å². The van der Waals surface area contributed by atoms with Crippen LogP contribution < -0.4 is 21.3 Å². The first-order valence-electron chi connectivity index (χ1n) is 6.91. The molecule has 0 aromatic carbocycles. The number of aryl methyl sites for hydroxylation is 1. The van der Waals surface area contributed by atoms with Crippen molar-refractivity contribution in [3.8, 4) is 0 Å². The Kier molecular flexibility index (Phi) is 3.95. The lowest BCUT2D eigenvalue weighted by atomic mass is 10.2. The van der Waals surface area contributed by atoms with Gasteiger partial charge in [-0.2, -0.15) is 5.53 Å². The molecule has 3 rings (SSSR count). The normalized spacial score (nSPS) is 22.7. The van der Waals surface area contributed by atoms with Crippen LogP contribution in [-0.2, 0) is 4.79 Å². The Morgan fingerprint density at radius 1 is 1.33 bits per heavy atom. The summed E-state index contributed by atoms with van der Waals surface area (Å²) in [6.07, 6.45) is 1.37. The summed E-state index contributed by atoms with van der Waals surface area (Å²) in [7, 11) is 0. The van der Waals surface area contributed by atoms with Crippen molar-refractivity contribution in [3.63, 3.8) is 0 Å². The fraction of sp³-hybridized carbons (Fsp3) is 0.583. The first-order chi connectivity index (χ1) is 10.2. The lowest BCUT2D eigenvalue weighted by molar-refractivity contribution is -0.133. The van der Waals surface area contributed by atoms with Crippen LogP contribution in [0.2, 0.25) is 0 Å². The summed E-state index contributed by atoms with van der Waals surface area (Å²) in [5.41, 5.74) is 8.78. The number of hydrogen-bond donors (Lipinski definition) is 3. The number of carbonyl (C=O) groups is 1. The second kappa shape index (κ2) is 5.88. The van der Waals surface area contributed by atoms with Gasteiger partial charge in [0, 0.05) is 32.7 Å². The monoisotopic (exact) mass is 295 g/mol. The van der Waals surface area contributed by atoms with Crippen LogP contribution in [0.25, 0.3) is 0 Å². The molecule has 1 aromatic heterocycles. The second-order valence-corrected chi connectivity index (χ2v) is 5.11. The number of piperazine rings is 1. The van der Waals surface area contributed by atoms with Crippen LogP contribution in [0.1, 0.15) is 5.69 Å². The maximum atomic E-state index is 14.0. The van der Waals surface area contributed by atoms with Gasteiger partial charge in [-0.3, -0.25) is 4.79 Å². The molecule has 8 nitrogen and oxygen atoms in total. The van der Waals surface area contributed by atoms with E-state index in [0.29, 0.717) is 44.2 Å². The molecule has 1 aromatic rings. The van der Waals surface area contributed by atoms with Gasteiger partial charge in [0.25, 0.3) is 0 Å². The minimum atomic E-state index is -0.386. The average molecular weight is 295 g/mol. The molecular formula is C12H18FN7O. The number of nitrogens with zero attached hydrogens (tertiary/aromatic N) is 4. The first-order valence-corrected chi connectivity index (χ1v) is 6.91. The predicted molar refractivity (Wildman–Crippen MR) is 73.6 cm³/mol. The molecule has 114 valence electrons. The van der Waals surface area contributed by atoms with Gasteiger partial charge in [-0.15, -0.1) is 0 Å². The molecular weight excluding hydrogens is 277 g/mol. The number of rotatable bonds is 2. The molecule has 0 spiro atoms. The Morgan fingerprint density at radius 2 is 2.10 bits per heavy atom. The summed E-state index contributed by atoms with van der Waals surface area (Å²) >= 11 is 0. The van der Waals surface area contributed by atoms with Crippen LogP contribution in [0.5, 0.6) is 0 Å². The Labute approximate surface area is 121 Å². The van der Waals surface area contributed by atoms with Crippen LogP contribution in [0.3, 0.4) is 0 Å². The van der Waals surface area contributed by atoms with Gasteiger partial charge in [0.05, 0.1) is 5.69 Å². The van der Waals surface area contributed by atoms with Gasteiger partial charge in [-0.25, -0.2) is 25.2 Å². The number of nitrogens with one attached hydrogen (secondary N) is 3. The van der Waals surface area contributed by atoms with Gasteiger partial charge < -0.3 is 9.80 Å². The molecule has 0 aliphatic carbocycles. The number of halogens is 1. The highest BCUT2D eigenvalue weighted by atomic mass is 19.1. The molecule has 21 heavy (non-hydrogen) atoms. The number of carbonyl (C=O) groups excluding carboxylic acids is 1. The van der Waals surface area contributed by atoms with Crippen LogP contribution in [0.15, 0.2) is 6.33 Å². The fourth-order valence-corrected chi connectivity index (χ4v) is 2.52. The second-order valence-electron chi connectivity index (χ2n) is 5.11. The minimum Gasteiger partial charge on any atom is -0.351 e. The number of hydrazine groups is 2.